The summed E-state index contributed by atoms with van der Waals surface area (Å²) < 4.78 is 5.53. The van der Waals surface area contributed by atoms with Crippen LogP contribution in [0.1, 0.15) is 69.6 Å². The topological polar surface area (TPSA) is 94.3 Å². The Bertz CT molecular complexity index is 1310. The molecule has 1 aromatic carbocycles. The lowest BCUT2D eigenvalue weighted by molar-refractivity contribution is 0.00199. The number of aromatic nitrogens is 3. The van der Waals surface area contributed by atoms with Crippen molar-refractivity contribution in [3.63, 3.8) is 0 Å². The summed E-state index contributed by atoms with van der Waals surface area (Å²) in [7, 11) is 0. The van der Waals surface area contributed by atoms with Crippen molar-refractivity contribution in [1.29, 1.82) is 0 Å². The Kier molecular flexibility index (Phi) is 5.88. The lowest BCUT2D eigenvalue weighted by atomic mass is 9.76. The van der Waals surface area contributed by atoms with Gasteiger partial charge in [-0.25, -0.2) is 4.79 Å². The van der Waals surface area contributed by atoms with Crippen LogP contribution in [-0.4, -0.2) is 68.3 Å². The Morgan fingerprint density at radius 3 is 2.67 bits per heavy atom. The number of ether oxygens (including phenoxy) is 1. The van der Waals surface area contributed by atoms with Crippen LogP contribution in [0.25, 0.3) is 22.3 Å². The lowest BCUT2D eigenvalue weighted by Crippen LogP contribution is -2.56. The zero-order chi connectivity index (χ0) is 25.8. The predicted octanol–water partition coefficient (Wildman–Crippen LogP) is 5.15. The summed E-state index contributed by atoms with van der Waals surface area (Å²) in [6, 6.07) is 7.80. The van der Waals surface area contributed by atoms with Crippen LogP contribution in [0.15, 0.2) is 24.3 Å². The minimum Gasteiger partial charge on any atom is -0.444 e. The van der Waals surface area contributed by atoms with Crippen LogP contribution in [0.3, 0.4) is 0 Å². The first-order chi connectivity index (χ1) is 16.9. The lowest BCUT2D eigenvalue weighted by Gasteiger charge is -2.40. The van der Waals surface area contributed by atoms with Crippen LogP contribution in [0.2, 0.25) is 0 Å². The van der Waals surface area contributed by atoms with Crippen molar-refractivity contribution in [2.24, 2.45) is 5.41 Å². The number of hydrogen-bond donors (Lipinski definition) is 2. The monoisotopic (exact) mass is 491 g/mol. The quantitative estimate of drug-likeness (QED) is 0.518. The molecule has 0 unspecified atom stereocenters. The van der Waals surface area contributed by atoms with Gasteiger partial charge in [-0.2, -0.15) is 5.10 Å². The van der Waals surface area contributed by atoms with Gasteiger partial charge in [0.25, 0.3) is 5.91 Å². The van der Waals surface area contributed by atoms with Gasteiger partial charge < -0.3 is 19.5 Å². The van der Waals surface area contributed by atoms with Crippen LogP contribution >= 0.6 is 0 Å². The molecule has 0 spiro atoms. The molecular formula is C28H37N5O3. The van der Waals surface area contributed by atoms with Gasteiger partial charge in [0, 0.05) is 53.4 Å². The Morgan fingerprint density at radius 1 is 1.17 bits per heavy atom. The van der Waals surface area contributed by atoms with Crippen molar-refractivity contribution in [2.75, 3.05) is 19.6 Å². The maximum Gasteiger partial charge on any atom is 0.410 e. The molecule has 1 fully saturated rings. The summed E-state index contributed by atoms with van der Waals surface area (Å²) in [4.78, 5) is 32.9. The molecule has 3 aromatic rings. The highest BCUT2D eigenvalue weighted by Crippen LogP contribution is 2.38. The average Bonchev–Trinajstić information content (AvgIpc) is 3.39. The number of nitrogens with zero attached hydrogens (tertiary/aromatic N) is 3. The summed E-state index contributed by atoms with van der Waals surface area (Å²) >= 11 is 0. The van der Waals surface area contributed by atoms with Gasteiger partial charge in [-0.1, -0.05) is 19.9 Å². The van der Waals surface area contributed by atoms with Crippen molar-refractivity contribution in [1.82, 2.24) is 25.0 Å². The third-order valence-electron chi connectivity index (χ3n) is 7.33. The molecule has 2 aromatic heterocycles. The van der Waals surface area contributed by atoms with Gasteiger partial charge in [-0.05, 0) is 70.6 Å². The highest BCUT2D eigenvalue weighted by Gasteiger charge is 2.33. The first kappa shape index (κ1) is 24.4. The fourth-order valence-electron chi connectivity index (χ4n) is 5.37. The number of nitrogens with one attached hydrogen (secondary N) is 2. The van der Waals surface area contributed by atoms with Gasteiger partial charge in [-0.15, -0.1) is 0 Å². The van der Waals surface area contributed by atoms with Gasteiger partial charge in [0.2, 0.25) is 0 Å². The predicted molar refractivity (Wildman–Crippen MR) is 140 cm³/mol. The number of piperazine rings is 1. The number of benzene rings is 1. The molecule has 1 atom stereocenters. The summed E-state index contributed by atoms with van der Waals surface area (Å²) in [6.45, 7) is 13.5. The zero-order valence-corrected chi connectivity index (χ0v) is 22.2. The highest BCUT2D eigenvalue weighted by atomic mass is 16.6. The van der Waals surface area contributed by atoms with Crippen LogP contribution in [0, 0.1) is 5.41 Å². The maximum absolute atomic E-state index is 13.3. The molecule has 8 nitrogen and oxygen atoms in total. The summed E-state index contributed by atoms with van der Waals surface area (Å²) in [5.41, 5.74) is 5.80. The van der Waals surface area contributed by atoms with Crippen molar-refractivity contribution in [2.45, 2.75) is 72.4 Å². The van der Waals surface area contributed by atoms with E-state index in [2.05, 4.69) is 35.1 Å². The summed E-state index contributed by atoms with van der Waals surface area (Å²) in [5, 5.41) is 8.95. The molecule has 1 aliphatic heterocycles. The number of amides is 2. The molecule has 0 radical (unpaired) electrons. The van der Waals surface area contributed by atoms with Crippen LogP contribution in [0.4, 0.5) is 4.79 Å². The van der Waals surface area contributed by atoms with E-state index >= 15 is 0 Å². The van der Waals surface area contributed by atoms with Gasteiger partial charge in [0.05, 0.1) is 5.69 Å². The first-order valence-electron chi connectivity index (χ1n) is 12.9. The highest BCUT2D eigenvalue weighted by molar-refractivity contribution is 5.99. The second-order valence-electron chi connectivity index (χ2n) is 12.1. The molecule has 192 valence electrons. The zero-order valence-electron chi connectivity index (χ0n) is 22.2. The third-order valence-corrected chi connectivity index (χ3v) is 7.33. The summed E-state index contributed by atoms with van der Waals surface area (Å²) in [6.07, 6.45) is 2.84. The average molecular weight is 492 g/mol. The van der Waals surface area contributed by atoms with E-state index in [0.29, 0.717) is 30.6 Å². The Hall–Kier alpha value is -3.29. The van der Waals surface area contributed by atoms with Gasteiger partial charge in [0.15, 0.2) is 0 Å². The normalized spacial score (nSPS) is 19.9. The van der Waals surface area contributed by atoms with E-state index in [9.17, 15) is 9.59 Å². The SMILES string of the molecule is C[C@H]1CN(C(=O)c2ccc3cc(-c4n[nH]c5c4CCC(C)(C)C5)[nH]c3c2)CCN1C(=O)OC(C)(C)C. The van der Waals surface area contributed by atoms with E-state index in [4.69, 9.17) is 4.74 Å². The fourth-order valence-corrected chi connectivity index (χ4v) is 5.37. The largest absolute Gasteiger partial charge is 0.444 e. The minimum absolute atomic E-state index is 0.0249. The van der Waals surface area contributed by atoms with Crippen molar-refractivity contribution >= 4 is 22.9 Å². The first-order valence-corrected chi connectivity index (χ1v) is 12.9. The van der Waals surface area contributed by atoms with Gasteiger partial charge in [0.1, 0.15) is 11.3 Å². The molecule has 1 saturated heterocycles. The molecule has 5 rings (SSSR count). The molecule has 2 aliphatic rings. The van der Waals surface area contributed by atoms with Crippen LogP contribution in [-0.2, 0) is 17.6 Å². The van der Waals surface area contributed by atoms with E-state index in [1.165, 1.54) is 11.3 Å². The molecule has 3 heterocycles. The second kappa shape index (κ2) is 8.68. The molecule has 2 amide bonds. The minimum atomic E-state index is -0.542. The smallest absolute Gasteiger partial charge is 0.410 e. The molecule has 2 N–H and O–H groups in total. The maximum atomic E-state index is 13.3. The van der Waals surface area contributed by atoms with E-state index in [-0.39, 0.29) is 18.0 Å². The molecule has 8 heteroatoms. The molecule has 0 bridgehead atoms. The number of carbonyl (C=O) groups excluding carboxylic acids is 2. The number of carbonyl (C=O) groups is 2. The van der Waals surface area contributed by atoms with E-state index in [1.807, 2.05) is 50.8 Å². The van der Waals surface area contributed by atoms with Crippen molar-refractivity contribution in [3.05, 3.63) is 41.1 Å². The number of H-pyrrole nitrogens is 2. The standard InChI is InChI=1S/C28H37N5O3/c1-17-16-32(11-12-33(17)26(35)36-27(2,3)4)25(34)19-8-7-18-13-22(29-21(18)14-19)24-20-9-10-28(5,6)15-23(20)30-31-24/h7-8,13-14,17,29H,9-12,15-16H2,1-6H3,(H,30,31)/t17-/m0/s1. The summed E-state index contributed by atoms with van der Waals surface area (Å²) in [5.74, 6) is -0.0249. The number of fused-ring (bicyclic) bond motifs is 2. The third kappa shape index (κ3) is 4.73. The molecule has 1 aliphatic carbocycles. The molecular weight excluding hydrogens is 454 g/mol. The van der Waals surface area contributed by atoms with Crippen LogP contribution in [0.5, 0.6) is 0 Å². The van der Waals surface area contributed by atoms with Crippen molar-refractivity contribution < 1.29 is 14.3 Å². The Labute approximate surface area is 212 Å². The van der Waals surface area contributed by atoms with E-state index < -0.39 is 5.60 Å². The molecule has 36 heavy (non-hydrogen) atoms. The van der Waals surface area contributed by atoms with Gasteiger partial charge >= 0.3 is 6.09 Å². The van der Waals surface area contributed by atoms with E-state index in [1.54, 1.807) is 4.90 Å². The second-order valence-corrected chi connectivity index (χ2v) is 12.1. The van der Waals surface area contributed by atoms with Gasteiger partial charge in [-0.3, -0.25) is 9.89 Å². The fraction of sp³-hybridized carbons (Fsp3) is 0.536. The van der Waals surface area contributed by atoms with E-state index in [0.717, 1.165) is 41.6 Å². The number of hydrogen-bond acceptors (Lipinski definition) is 4. The Morgan fingerprint density at radius 2 is 1.94 bits per heavy atom. The molecule has 0 saturated carbocycles. The van der Waals surface area contributed by atoms with Crippen molar-refractivity contribution in [3.8, 4) is 11.4 Å². The van der Waals surface area contributed by atoms with Crippen LogP contribution < -0.4 is 0 Å². The number of rotatable bonds is 2. The number of aromatic amines is 2. The Balaban J connectivity index is 1.32.